The number of aryl methyl sites for hydroxylation is 1. The standard InChI is InChI=1S/C11H16N2O2/c1-13-5-4-12-11(13)8-10(14)9-2-6-15-7-3-9/h4-5,9H,2-3,6-8H2,1H3. The predicted octanol–water partition coefficient (Wildman–Crippen LogP) is 0.958. The van der Waals surface area contributed by atoms with Gasteiger partial charge in [0.25, 0.3) is 0 Å². The Labute approximate surface area is 89.3 Å². The summed E-state index contributed by atoms with van der Waals surface area (Å²) in [4.78, 5) is 16.1. The normalized spacial score (nSPS) is 17.9. The average Bonchev–Trinajstić information content (AvgIpc) is 2.66. The predicted molar refractivity (Wildman–Crippen MR) is 55.5 cm³/mol. The van der Waals surface area contributed by atoms with Gasteiger partial charge in [-0.3, -0.25) is 4.79 Å². The van der Waals surface area contributed by atoms with E-state index in [-0.39, 0.29) is 5.92 Å². The Bertz CT molecular complexity index is 340. The van der Waals surface area contributed by atoms with Crippen molar-refractivity contribution < 1.29 is 9.53 Å². The zero-order valence-electron chi connectivity index (χ0n) is 8.98. The van der Waals surface area contributed by atoms with Gasteiger partial charge in [-0.2, -0.15) is 0 Å². The second-order valence-electron chi connectivity index (χ2n) is 3.98. The third-order valence-electron chi connectivity index (χ3n) is 2.93. The lowest BCUT2D eigenvalue weighted by Gasteiger charge is -2.20. The molecule has 4 nitrogen and oxygen atoms in total. The molecule has 0 spiro atoms. The van der Waals surface area contributed by atoms with E-state index in [0.717, 1.165) is 31.9 Å². The first-order valence-corrected chi connectivity index (χ1v) is 5.34. The van der Waals surface area contributed by atoms with Crippen LogP contribution >= 0.6 is 0 Å². The highest BCUT2D eigenvalue weighted by atomic mass is 16.5. The Morgan fingerprint density at radius 3 is 2.93 bits per heavy atom. The summed E-state index contributed by atoms with van der Waals surface area (Å²) in [5.41, 5.74) is 0. The lowest BCUT2D eigenvalue weighted by Crippen LogP contribution is -2.25. The molecule has 0 aromatic carbocycles. The summed E-state index contributed by atoms with van der Waals surface area (Å²) in [6.45, 7) is 1.44. The van der Waals surface area contributed by atoms with Crippen LogP contribution in [0.2, 0.25) is 0 Å². The maximum atomic E-state index is 11.9. The Kier molecular flexibility index (Phi) is 3.16. The van der Waals surface area contributed by atoms with Crippen molar-refractivity contribution in [3.63, 3.8) is 0 Å². The molecule has 2 heterocycles. The van der Waals surface area contributed by atoms with Crippen molar-refractivity contribution in [1.82, 2.24) is 9.55 Å². The number of nitrogens with zero attached hydrogens (tertiary/aromatic N) is 2. The van der Waals surface area contributed by atoms with Crippen LogP contribution in [0.5, 0.6) is 0 Å². The van der Waals surface area contributed by atoms with E-state index in [1.165, 1.54) is 0 Å². The molecule has 0 N–H and O–H groups in total. The van der Waals surface area contributed by atoms with Gasteiger partial charge in [-0.05, 0) is 12.8 Å². The van der Waals surface area contributed by atoms with Crippen LogP contribution in [0.1, 0.15) is 18.7 Å². The molecule has 0 unspecified atom stereocenters. The molecule has 15 heavy (non-hydrogen) atoms. The molecular formula is C11H16N2O2. The van der Waals surface area contributed by atoms with Gasteiger partial charge in [0.05, 0.1) is 6.42 Å². The van der Waals surface area contributed by atoms with Crippen LogP contribution < -0.4 is 0 Å². The number of carbonyl (C=O) groups is 1. The monoisotopic (exact) mass is 208 g/mol. The van der Waals surface area contributed by atoms with Crippen LogP contribution in [-0.2, 0) is 23.0 Å². The number of hydrogen-bond donors (Lipinski definition) is 0. The fourth-order valence-electron chi connectivity index (χ4n) is 1.89. The van der Waals surface area contributed by atoms with Gasteiger partial charge in [0.2, 0.25) is 0 Å². The van der Waals surface area contributed by atoms with Crippen LogP contribution in [-0.4, -0.2) is 28.5 Å². The molecule has 1 aliphatic heterocycles. The van der Waals surface area contributed by atoms with Crippen LogP contribution in [0.25, 0.3) is 0 Å². The first-order chi connectivity index (χ1) is 7.27. The molecule has 0 aliphatic carbocycles. The maximum absolute atomic E-state index is 11.9. The van der Waals surface area contributed by atoms with E-state index >= 15 is 0 Å². The minimum atomic E-state index is 0.176. The summed E-state index contributed by atoms with van der Waals surface area (Å²) in [5, 5.41) is 0. The smallest absolute Gasteiger partial charge is 0.143 e. The van der Waals surface area contributed by atoms with E-state index in [2.05, 4.69) is 4.98 Å². The van der Waals surface area contributed by atoms with E-state index in [1.807, 2.05) is 17.8 Å². The van der Waals surface area contributed by atoms with Crippen molar-refractivity contribution in [2.75, 3.05) is 13.2 Å². The van der Waals surface area contributed by atoms with E-state index in [4.69, 9.17) is 4.74 Å². The summed E-state index contributed by atoms with van der Waals surface area (Å²) in [7, 11) is 1.92. The van der Waals surface area contributed by atoms with Crippen molar-refractivity contribution in [3.8, 4) is 0 Å². The SMILES string of the molecule is Cn1ccnc1CC(=O)C1CCOCC1. The number of aromatic nitrogens is 2. The second kappa shape index (κ2) is 4.57. The van der Waals surface area contributed by atoms with E-state index in [0.29, 0.717) is 12.2 Å². The number of imidazole rings is 1. The van der Waals surface area contributed by atoms with E-state index in [1.54, 1.807) is 6.20 Å². The molecule has 1 saturated heterocycles. The van der Waals surface area contributed by atoms with Crippen LogP contribution in [0.4, 0.5) is 0 Å². The lowest BCUT2D eigenvalue weighted by molar-refractivity contribution is -0.125. The van der Waals surface area contributed by atoms with Crippen LogP contribution in [0.15, 0.2) is 12.4 Å². The summed E-state index contributed by atoms with van der Waals surface area (Å²) < 4.78 is 7.14. The topological polar surface area (TPSA) is 44.1 Å². The van der Waals surface area contributed by atoms with Gasteiger partial charge < -0.3 is 9.30 Å². The van der Waals surface area contributed by atoms with Crippen molar-refractivity contribution >= 4 is 5.78 Å². The average molecular weight is 208 g/mol. The molecule has 2 rings (SSSR count). The van der Waals surface area contributed by atoms with Gasteiger partial charge in [-0.1, -0.05) is 0 Å². The van der Waals surface area contributed by atoms with Gasteiger partial charge >= 0.3 is 0 Å². The first-order valence-electron chi connectivity index (χ1n) is 5.34. The number of ether oxygens (including phenoxy) is 1. The zero-order chi connectivity index (χ0) is 10.7. The van der Waals surface area contributed by atoms with E-state index < -0.39 is 0 Å². The summed E-state index contributed by atoms with van der Waals surface area (Å²) >= 11 is 0. The Balaban J connectivity index is 1.94. The third-order valence-corrected chi connectivity index (χ3v) is 2.93. The molecule has 0 bridgehead atoms. The van der Waals surface area contributed by atoms with E-state index in [9.17, 15) is 4.79 Å². The van der Waals surface area contributed by atoms with Crippen molar-refractivity contribution in [2.24, 2.45) is 13.0 Å². The molecular weight excluding hydrogens is 192 g/mol. The first kappa shape index (κ1) is 10.4. The fraction of sp³-hybridized carbons (Fsp3) is 0.636. The third kappa shape index (κ3) is 2.45. The number of ketones is 1. The largest absolute Gasteiger partial charge is 0.381 e. The molecule has 4 heteroatoms. The summed E-state index contributed by atoms with van der Waals surface area (Å²) in [6, 6.07) is 0. The number of carbonyl (C=O) groups excluding carboxylic acids is 1. The minimum Gasteiger partial charge on any atom is -0.381 e. The molecule has 0 atom stereocenters. The van der Waals surface area contributed by atoms with Gasteiger partial charge in [-0.25, -0.2) is 4.98 Å². The molecule has 1 fully saturated rings. The minimum absolute atomic E-state index is 0.176. The fourth-order valence-corrected chi connectivity index (χ4v) is 1.89. The van der Waals surface area contributed by atoms with Gasteiger partial charge in [-0.15, -0.1) is 0 Å². The van der Waals surface area contributed by atoms with Gasteiger partial charge in [0.1, 0.15) is 11.6 Å². The highest BCUT2D eigenvalue weighted by Crippen LogP contribution is 2.17. The van der Waals surface area contributed by atoms with Crippen molar-refractivity contribution in [1.29, 1.82) is 0 Å². The zero-order valence-corrected chi connectivity index (χ0v) is 8.98. The summed E-state index contributed by atoms with van der Waals surface area (Å²) in [5.74, 6) is 1.33. The Hall–Kier alpha value is -1.16. The molecule has 82 valence electrons. The highest BCUT2D eigenvalue weighted by Gasteiger charge is 2.22. The second-order valence-corrected chi connectivity index (χ2v) is 3.98. The Morgan fingerprint density at radius 1 is 1.60 bits per heavy atom. The van der Waals surface area contributed by atoms with Crippen molar-refractivity contribution in [3.05, 3.63) is 18.2 Å². The van der Waals surface area contributed by atoms with Crippen LogP contribution in [0.3, 0.4) is 0 Å². The molecule has 0 radical (unpaired) electrons. The van der Waals surface area contributed by atoms with Gasteiger partial charge in [0, 0.05) is 38.6 Å². The summed E-state index contributed by atoms with van der Waals surface area (Å²) in [6.07, 6.45) is 5.78. The highest BCUT2D eigenvalue weighted by molar-refractivity contribution is 5.82. The molecule has 1 aromatic heterocycles. The molecule has 0 amide bonds. The molecule has 1 aromatic rings. The molecule has 0 saturated carbocycles. The Morgan fingerprint density at radius 2 is 2.33 bits per heavy atom. The number of Topliss-reactive ketones (excluding diaryl/α,β-unsaturated/α-hetero) is 1. The van der Waals surface area contributed by atoms with Crippen molar-refractivity contribution in [2.45, 2.75) is 19.3 Å². The van der Waals surface area contributed by atoms with Gasteiger partial charge in [0.15, 0.2) is 0 Å². The number of rotatable bonds is 3. The molecule has 1 aliphatic rings. The quantitative estimate of drug-likeness (QED) is 0.743. The maximum Gasteiger partial charge on any atom is 0.143 e. The van der Waals surface area contributed by atoms with Crippen LogP contribution in [0, 0.1) is 5.92 Å². The number of hydrogen-bond acceptors (Lipinski definition) is 3. The lowest BCUT2D eigenvalue weighted by atomic mass is 9.93.